The normalized spacial score (nSPS) is 18.0. The first-order valence-electron chi connectivity index (χ1n) is 6.29. The molecule has 1 N–H and O–H groups in total. The van der Waals surface area contributed by atoms with Crippen LogP contribution in [0.2, 0.25) is 0 Å². The van der Waals surface area contributed by atoms with E-state index in [0.29, 0.717) is 0 Å². The highest BCUT2D eigenvalue weighted by molar-refractivity contribution is 8.92. The van der Waals surface area contributed by atoms with E-state index >= 15 is 0 Å². The summed E-state index contributed by atoms with van der Waals surface area (Å²) in [7, 11) is 4.08. The zero-order valence-electron chi connectivity index (χ0n) is 9.78. The molecule has 1 nitrogen and oxygen atoms in total. The van der Waals surface area contributed by atoms with Crippen molar-refractivity contribution in [1.29, 1.82) is 0 Å². The summed E-state index contributed by atoms with van der Waals surface area (Å²) in [6.07, 6.45) is 11.8. The van der Waals surface area contributed by atoms with Crippen molar-refractivity contribution < 1.29 is 5.11 Å². The SMILES string of the molecule is CC(O)CCCCCCCCCC1SS1. The molecule has 0 aromatic carbocycles. The zero-order valence-corrected chi connectivity index (χ0v) is 11.4. The summed E-state index contributed by atoms with van der Waals surface area (Å²) in [5.74, 6) is 0. The minimum absolute atomic E-state index is 0.0986. The van der Waals surface area contributed by atoms with E-state index in [1.54, 1.807) is 0 Å². The fraction of sp³-hybridized carbons (Fsp3) is 1.00. The lowest BCUT2D eigenvalue weighted by Gasteiger charge is -2.03. The fourth-order valence-electron chi connectivity index (χ4n) is 1.77. The number of hydrogen-bond donors (Lipinski definition) is 1. The average molecular weight is 248 g/mol. The van der Waals surface area contributed by atoms with Crippen molar-refractivity contribution in [1.82, 2.24) is 0 Å². The fourth-order valence-corrected chi connectivity index (χ4v) is 3.19. The molecule has 0 radical (unpaired) electrons. The van der Waals surface area contributed by atoms with Gasteiger partial charge in [0.2, 0.25) is 0 Å². The maximum atomic E-state index is 9.08. The van der Waals surface area contributed by atoms with E-state index in [-0.39, 0.29) is 6.10 Å². The maximum absolute atomic E-state index is 9.08. The second kappa shape index (κ2) is 8.77. The van der Waals surface area contributed by atoms with E-state index in [4.69, 9.17) is 5.11 Å². The second-order valence-corrected chi connectivity index (χ2v) is 7.50. The first kappa shape index (κ1) is 13.7. The van der Waals surface area contributed by atoms with Crippen LogP contribution >= 0.6 is 21.6 Å². The molecule has 0 aromatic rings. The first-order valence-corrected chi connectivity index (χ1v) is 8.57. The molecule has 0 aliphatic carbocycles. The minimum Gasteiger partial charge on any atom is -0.393 e. The lowest BCUT2D eigenvalue weighted by Crippen LogP contribution is -1.98. The lowest BCUT2D eigenvalue weighted by molar-refractivity contribution is 0.180. The highest BCUT2D eigenvalue weighted by Gasteiger charge is 2.22. The van der Waals surface area contributed by atoms with Crippen LogP contribution in [0.5, 0.6) is 0 Å². The molecule has 0 spiro atoms. The van der Waals surface area contributed by atoms with Gasteiger partial charge in [-0.2, -0.15) is 0 Å². The molecule has 0 bridgehead atoms. The molecule has 1 rings (SSSR count). The maximum Gasteiger partial charge on any atom is 0.0710 e. The summed E-state index contributed by atoms with van der Waals surface area (Å²) in [5, 5.41) is 9.08. The van der Waals surface area contributed by atoms with E-state index in [1.807, 2.05) is 28.5 Å². The van der Waals surface area contributed by atoms with Gasteiger partial charge in [-0.3, -0.25) is 0 Å². The molecule has 1 aliphatic rings. The Kier molecular flexibility index (Phi) is 8.02. The third-order valence-electron chi connectivity index (χ3n) is 2.79. The van der Waals surface area contributed by atoms with Gasteiger partial charge in [-0.1, -0.05) is 66.5 Å². The van der Waals surface area contributed by atoms with Gasteiger partial charge in [0, 0.05) is 0 Å². The highest BCUT2D eigenvalue weighted by Crippen LogP contribution is 2.55. The standard InChI is InChI=1S/C12H24OS2/c1-11(13)9-7-5-3-2-4-6-8-10-12-14-15-12/h11-13H,2-10H2,1H3. The Bertz CT molecular complexity index is 139. The molecule has 1 atom stereocenters. The average Bonchev–Trinajstić information content (AvgIpc) is 2.98. The molecule has 1 unspecified atom stereocenters. The van der Waals surface area contributed by atoms with Crippen LogP contribution in [-0.2, 0) is 0 Å². The molecule has 1 heterocycles. The van der Waals surface area contributed by atoms with Crippen molar-refractivity contribution in [2.24, 2.45) is 0 Å². The predicted molar refractivity (Wildman–Crippen MR) is 72.2 cm³/mol. The van der Waals surface area contributed by atoms with Gasteiger partial charge in [-0.15, -0.1) is 0 Å². The summed E-state index contributed by atoms with van der Waals surface area (Å²) < 4.78 is 0.955. The van der Waals surface area contributed by atoms with E-state index < -0.39 is 0 Å². The van der Waals surface area contributed by atoms with Gasteiger partial charge in [0.15, 0.2) is 0 Å². The van der Waals surface area contributed by atoms with E-state index in [0.717, 1.165) is 11.0 Å². The molecule has 15 heavy (non-hydrogen) atoms. The largest absolute Gasteiger partial charge is 0.393 e. The number of rotatable bonds is 10. The van der Waals surface area contributed by atoms with Crippen molar-refractivity contribution in [2.45, 2.75) is 75.4 Å². The third kappa shape index (κ3) is 9.58. The molecular weight excluding hydrogens is 224 g/mol. The number of hydrogen-bond acceptors (Lipinski definition) is 3. The van der Waals surface area contributed by atoms with Crippen LogP contribution in [-0.4, -0.2) is 15.8 Å². The van der Waals surface area contributed by atoms with Crippen molar-refractivity contribution in [3.8, 4) is 0 Å². The van der Waals surface area contributed by atoms with Gasteiger partial charge in [0.1, 0.15) is 0 Å². The van der Waals surface area contributed by atoms with E-state index in [1.165, 1.54) is 51.4 Å². The van der Waals surface area contributed by atoms with Crippen molar-refractivity contribution in [2.75, 3.05) is 0 Å². The van der Waals surface area contributed by atoms with Crippen molar-refractivity contribution in [3.05, 3.63) is 0 Å². The molecule has 1 fully saturated rings. The van der Waals surface area contributed by atoms with Gasteiger partial charge >= 0.3 is 0 Å². The highest BCUT2D eigenvalue weighted by atomic mass is 33.2. The number of aliphatic hydroxyl groups is 1. The lowest BCUT2D eigenvalue weighted by atomic mass is 10.1. The van der Waals surface area contributed by atoms with Gasteiger partial charge in [0.05, 0.1) is 10.7 Å². The topological polar surface area (TPSA) is 20.2 Å². The van der Waals surface area contributed by atoms with E-state index in [9.17, 15) is 0 Å². The molecular formula is C12H24OS2. The predicted octanol–water partition coefficient (Wildman–Crippen LogP) is 4.60. The third-order valence-corrected chi connectivity index (χ3v) is 5.12. The Hall–Kier alpha value is 0.660. The van der Waals surface area contributed by atoms with Crippen molar-refractivity contribution in [3.63, 3.8) is 0 Å². The Morgan fingerprint density at radius 2 is 1.47 bits per heavy atom. The Morgan fingerprint density at radius 1 is 0.933 bits per heavy atom. The molecule has 3 heteroatoms. The van der Waals surface area contributed by atoms with Crippen LogP contribution in [0.3, 0.4) is 0 Å². The van der Waals surface area contributed by atoms with Crippen LogP contribution in [0, 0.1) is 0 Å². The van der Waals surface area contributed by atoms with Gasteiger partial charge in [-0.05, 0) is 19.8 Å². The van der Waals surface area contributed by atoms with Crippen LogP contribution in [0.4, 0.5) is 0 Å². The summed E-state index contributed by atoms with van der Waals surface area (Å²) >= 11 is 0. The zero-order chi connectivity index (χ0) is 10.9. The molecule has 1 aliphatic heterocycles. The minimum atomic E-state index is -0.0986. The summed E-state index contributed by atoms with van der Waals surface area (Å²) in [6.45, 7) is 1.88. The van der Waals surface area contributed by atoms with Gasteiger partial charge in [0.25, 0.3) is 0 Å². The van der Waals surface area contributed by atoms with Crippen LogP contribution in [0.15, 0.2) is 0 Å². The van der Waals surface area contributed by atoms with Gasteiger partial charge < -0.3 is 5.11 Å². The van der Waals surface area contributed by atoms with Crippen LogP contribution in [0.1, 0.15) is 64.7 Å². The first-order chi connectivity index (χ1) is 7.29. The summed E-state index contributed by atoms with van der Waals surface area (Å²) in [6, 6.07) is 0. The van der Waals surface area contributed by atoms with Crippen LogP contribution in [0.25, 0.3) is 0 Å². The Balaban J connectivity index is 1.65. The van der Waals surface area contributed by atoms with Crippen LogP contribution < -0.4 is 0 Å². The van der Waals surface area contributed by atoms with Gasteiger partial charge in [-0.25, -0.2) is 0 Å². The molecule has 0 aromatic heterocycles. The smallest absolute Gasteiger partial charge is 0.0710 e. The quantitative estimate of drug-likeness (QED) is 0.347. The Labute approximate surface area is 102 Å². The molecule has 0 amide bonds. The monoisotopic (exact) mass is 248 g/mol. The second-order valence-electron chi connectivity index (χ2n) is 4.52. The van der Waals surface area contributed by atoms with Crippen molar-refractivity contribution >= 4 is 21.6 Å². The molecule has 1 saturated heterocycles. The number of unbranched alkanes of at least 4 members (excludes halogenated alkanes) is 6. The summed E-state index contributed by atoms with van der Waals surface area (Å²) in [5.41, 5.74) is 0. The molecule has 0 saturated carbocycles. The molecule has 90 valence electrons. The number of aliphatic hydroxyl groups excluding tert-OH is 1. The Morgan fingerprint density at radius 3 is 2.00 bits per heavy atom. The van der Waals surface area contributed by atoms with E-state index in [2.05, 4.69) is 0 Å². The summed E-state index contributed by atoms with van der Waals surface area (Å²) in [4.78, 5) is 0.